The highest BCUT2D eigenvalue weighted by Crippen LogP contribution is 2.25. The number of methoxy groups -OCH3 is 1. The molecule has 7 nitrogen and oxygen atoms in total. The van der Waals surface area contributed by atoms with Crippen molar-refractivity contribution >= 4 is 11.9 Å². The van der Waals surface area contributed by atoms with Crippen molar-refractivity contribution in [1.29, 1.82) is 0 Å². The molecule has 1 amide bonds. The van der Waals surface area contributed by atoms with Gasteiger partial charge in [0.1, 0.15) is 5.69 Å². The number of amides is 1. The molecule has 1 aromatic carbocycles. The normalized spacial score (nSPS) is 20.0. The number of nitrogens with one attached hydrogen (secondary N) is 1. The molecule has 2 aromatic rings. The quantitative estimate of drug-likeness (QED) is 0.867. The Morgan fingerprint density at radius 3 is 2.72 bits per heavy atom. The maximum absolute atomic E-state index is 12.8. The first-order valence-corrected chi connectivity index (χ1v) is 8.16. The Labute approximate surface area is 145 Å². The van der Waals surface area contributed by atoms with Gasteiger partial charge in [-0.3, -0.25) is 14.7 Å². The number of aromatic amines is 1. The van der Waals surface area contributed by atoms with Crippen molar-refractivity contribution in [3.63, 3.8) is 0 Å². The van der Waals surface area contributed by atoms with Crippen molar-refractivity contribution in [1.82, 2.24) is 15.1 Å². The molecule has 1 saturated heterocycles. The van der Waals surface area contributed by atoms with E-state index in [0.717, 1.165) is 11.1 Å². The molecule has 0 aliphatic carbocycles. The van der Waals surface area contributed by atoms with Crippen LogP contribution < -0.4 is 0 Å². The van der Waals surface area contributed by atoms with E-state index in [9.17, 15) is 9.59 Å². The van der Waals surface area contributed by atoms with Crippen molar-refractivity contribution < 1.29 is 19.4 Å². The molecule has 1 aliphatic rings. The molecule has 2 atom stereocenters. The molecule has 0 spiro atoms. The fourth-order valence-corrected chi connectivity index (χ4v) is 3.15. The molecule has 2 unspecified atom stereocenters. The predicted octanol–water partition coefficient (Wildman–Crippen LogP) is 2.09. The third-order valence-corrected chi connectivity index (χ3v) is 4.54. The SMILES string of the molecule is COC1CC(CC(=O)O)N(C(=O)c2cc(-c3ccc(C)cc3)n[nH]2)C1. The number of hydrogen-bond donors (Lipinski definition) is 2. The lowest BCUT2D eigenvalue weighted by molar-refractivity contribution is -0.138. The van der Waals surface area contributed by atoms with Crippen LogP contribution in [0.3, 0.4) is 0 Å². The Morgan fingerprint density at radius 1 is 1.36 bits per heavy atom. The summed E-state index contributed by atoms with van der Waals surface area (Å²) in [6.45, 7) is 2.39. The van der Waals surface area contributed by atoms with Crippen LogP contribution in [0.2, 0.25) is 0 Å². The van der Waals surface area contributed by atoms with Gasteiger partial charge >= 0.3 is 5.97 Å². The maximum atomic E-state index is 12.8. The zero-order valence-electron chi connectivity index (χ0n) is 14.2. The van der Waals surface area contributed by atoms with Crippen LogP contribution >= 0.6 is 0 Å². The van der Waals surface area contributed by atoms with Gasteiger partial charge in [0.15, 0.2) is 0 Å². The monoisotopic (exact) mass is 343 g/mol. The summed E-state index contributed by atoms with van der Waals surface area (Å²) in [5, 5.41) is 16.1. The van der Waals surface area contributed by atoms with E-state index < -0.39 is 5.97 Å². The minimum Gasteiger partial charge on any atom is -0.481 e. The minimum atomic E-state index is -0.926. The van der Waals surface area contributed by atoms with Crippen LogP contribution in [0.4, 0.5) is 0 Å². The molecule has 0 radical (unpaired) electrons. The molecule has 7 heteroatoms. The number of carbonyl (C=O) groups is 2. The fourth-order valence-electron chi connectivity index (χ4n) is 3.15. The number of carboxylic acids is 1. The highest BCUT2D eigenvalue weighted by atomic mass is 16.5. The van der Waals surface area contributed by atoms with Gasteiger partial charge in [-0.2, -0.15) is 5.10 Å². The summed E-state index contributed by atoms with van der Waals surface area (Å²) in [7, 11) is 1.57. The number of aromatic nitrogens is 2. The summed E-state index contributed by atoms with van der Waals surface area (Å²) < 4.78 is 5.31. The average molecular weight is 343 g/mol. The van der Waals surface area contributed by atoms with Crippen LogP contribution in [0, 0.1) is 6.92 Å². The number of ether oxygens (including phenoxy) is 1. The Bertz CT molecular complexity index is 769. The third-order valence-electron chi connectivity index (χ3n) is 4.54. The topological polar surface area (TPSA) is 95.5 Å². The lowest BCUT2D eigenvalue weighted by Crippen LogP contribution is -2.37. The number of aryl methyl sites for hydroxylation is 1. The van der Waals surface area contributed by atoms with Crippen LogP contribution in [0.5, 0.6) is 0 Å². The number of rotatable bonds is 5. The summed E-state index contributed by atoms with van der Waals surface area (Å²) in [6, 6.07) is 9.19. The second-order valence-electron chi connectivity index (χ2n) is 6.34. The van der Waals surface area contributed by atoms with Gasteiger partial charge in [-0.05, 0) is 19.4 Å². The lowest BCUT2D eigenvalue weighted by atomic mass is 10.1. The van der Waals surface area contributed by atoms with E-state index in [1.165, 1.54) is 0 Å². The smallest absolute Gasteiger partial charge is 0.305 e. The Kier molecular flexibility index (Phi) is 4.85. The predicted molar refractivity (Wildman–Crippen MR) is 91.3 cm³/mol. The van der Waals surface area contributed by atoms with Gasteiger partial charge in [-0.25, -0.2) is 0 Å². The Balaban J connectivity index is 1.80. The van der Waals surface area contributed by atoms with Crippen LogP contribution in [-0.2, 0) is 9.53 Å². The summed E-state index contributed by atoms with van der Waals surface area (Å²) in [4.78, 5) is 25.4. The highest BCUT2D eigenvalue weighted by Gasteiger charge is 2.37. The largest absolute Gasteiger partial charge is 0.481 e. The second-order valence-corrected chi connectivity index (χ2v) is 6.34. The van der Waals surface area contributed by atoms with E-state index >= 15 is 0 Å². The van der Waals surface area contributed by atoms with Gasteiger partial charge in [0.05, 0.1) is 18.2 Å². The van der Waals surface area contributed by atoms with Crippen molar-refractivity contribution in [3.8, 4) is 11.3 Å². The van der Waals surface area contributed by atoms with Crippen LogP contribution in [0.15, 0.2) is 30.3 Å². The number of likely N-dealkylation sites (tertiary alicyclic amines) is 1. The molecular weight excluding hydrogens is 322 g/mol. The van der Waals surface area contributed by atoms with Crippen molar-refractivity contribution in [3.05, 3.63) is 41.6 Å². The fraction of sp³-hybridized carbons (Fsp3) is 0.389. The molecule has 132 valence electrons. The van der Waals surface area contributed by atoms with E-state index in [1.807, 2.05) is 31.2 Å². The second kappa shape index (κ2) is 7.06. The van der Waals surface area contributed by atoms with Crippen molar-refractivity contribution in [2.75, 3.05) is 13.7 Å². The van der Waals surface area contributed by atoms with Gasteiger partial charge in [0.25, 0.3) is 5.91 Å². The number of H-pyrrole nitrogens is 1. The zero-order chi connectivity index (χ0) is 18.0. The van der Waals surface area contributed by atoms with Gasteiger partial charge in [0.2, 0.25) is 0 Å². The molecule has 25 heavy (non-hydrogen) atoms. The first-order valence-electron chi connectivity index (χ1n) is 8.16. The Morgan fingerprint density at radius 2 is 2.08 bits per heavy atom. The minimum absolute atomic E-state index is 0.0927. The Hall–Kier alpha value is -2.67. The molecule has 3 rings (SSSR count). The van der Waals surface area contributed by atoms with Crippen molar-refractivity contribution in [2.45, 2.75) is 31.9 Å². The molecule has 0 bridgehead atoms. The number of carbonyl (C=O) groups excluding carboxylic acids is 1. The van der Waals surface area contributed by atoms with Gasteiger partial charge in [0, 0.05) is 25.3 Å². The van der Waals surface area contributed by atoms with E-state index in [0.29, 0.717) is 24.4 Å². The molecule has 1 aromatic heterocycles. The summed E-state index contributed by atoms with van der Waals surface area (Å²) in [6.07, 6.45) is 0.283. The number of hydrogen-bond acceptors (Lipinski definition) is 4. The van der Waals surface area contributed by atoms with E-state index in [4.69, 9.17) is 9.84 Å². The molecule has 2 heterocycles. The summed E-state index contributed by atoms with van der Waals surface area (Å²) in [5.74, 6) is -1.18. The van der Waals surface area contributed by atoms with E-state index in [2.05, 4.69) is 10.2 Å². The lowest BCUT2D eigenvalue weighted by Gasteiger charge is -2.22. The highest BCUT2D eigenvalue weighted by molar-refractivity contribution is 5.94. The average Bonchev–Trinajstić information content (AvgIpc) is 3.21. The first-order chi connectivity index (χ1) is 12.0. The van der Waals surface area contributed by atoms with Crippen LogP contribution in [-0.4, -0.2) is 57.9 Å². The molecule has 0 saturated carbocycles. The third kappa shape index (κ3) is 3.71. The van der Waals surface area contributed by atoms with Gasteiger partial charge in [-0.15, -0.1) is 0 Å². The number of carboxylic acid groups (broad SMARTS) is 1. The van der Waals surface area contributed by atoms with Crippen LogP contribution in [0.25, 0.3) is 11.3 Å². The van der Waals surface area contributed by atoms with Crippen molar-refractivity contribution in [2.24, 2.45) is 0 Å². The van der Waals surface area contributed by atoms with E-state index in [1.54, 1.807) is 18.1 Å². The standard InChI is InChI=1S/C18H21N3O4/c1-11-3-5-12(6-4-11)15-9-16(20-19-15)18(24)21-10-14(25-2)7-13(21)8-17(22)23/h3-6,9,13-14H,7-8,10H2,1-2H3,(H,19,20)(H,22,23). The van der Waals surface area contributed by atoms with Crippen LogP contribution in [0.1, 0.15) is 28.9 Å². The number of benzene rings is 1. The van der Waals surface area contributed by atoms with Gasteiger partial charge in [-0.1, -0.05) is 29.8 Å². The molecule has 1 fully saturated rings. The molecule has 2 N–H and O–H groups in total. The molecular formula is C18H21N3O4. The zero-order valence-corrected chi connectivity index (χ0v) is 14.2. The van der Waals surface area contributed by atoms with Gasteiger partial charge < -0.3 is 14.7 Å². The number of aliphatic carboxylic acids is 1. The first kappa shape index (κ1) is 17.2. The summed E-state index contributed by atoms with van der Waals surface area (Å²) in [5.41, 5.74) is 3.09. The molecule has 1 aliphatic heterocycles. The van der Waals surface area contributed by atoms with E-state index in [-0.39, 0.29) is 24.5 Å². The summed E-state index contributed by atoms with van der Waals surface area (Å²) >= 11 is 0. The maximum Gasteiger partial charge on any atom is 0.305 e. The number of nitrogens with zero attached hydrogens (tertiary/aromatic N) is 2.